The summed E-state index contributed by atoms with van der Waals surface area (Å²) in [5.74, 6) is -0.748. The van der Waals surface area contributed by atoms with Crippen LogP contribution in [-0.2, 0) is 11.0 Å². The lowest BCUT2D eigenvalue weighted by Gasteiger charge is -2.20. The Bertz CT molecular complexity index is 495. The van der Waals surface area contributed by atoms with Crippen LogP contribution in [0.1, 0.15) is 12.0 Å². The minimum absolute atomic E-state index is 0.123. The summed E-state index contributed by atoms with van der Waals surface area (Å²) in [5.41, 5.74) is -0.923. The Kier molecular flexibility index (Phi) is 3.59. The van der Waals surface area contributed by atoms with Crippen molar-refractivity contribution in [1.82, 2.24) is 4.98 Å². The molecule has 2 rings (SSSR count). The van der Waals surface area contributed by atoms with Gasteiger partial charge in [-0.05, 0) is 22.0 Å². The van der Waals surface area contributed by atoms with Crippen LogP contribution in [0.3, 0.4) is 0 Å². The van der Waals surface area contributed by atoms with Crippen LogP contribution in [0.4, 0.5) is 19.0 Å². The van der Waals surface area contributed by atoms with E-state index in [0.717, 1.165) is 11.0 Å². The van der Waals surface area contributed by atoms with Gasteiger partial charge in [0, 0.05) is 28.9 Å². The molecular formula is C10H8BrF3N2OS. The van der Waals surface area contributed by atoms with Crippen LogP contribution < -0.4 is 4.90 Å². The summed E-state index contributed by atoms with van der Waals surface area (Å²) < 4.78 is 38.9. The van der Waals surface area contributed by atoms with Gasteiger partial charge in [-0.15, -0.1) is 0 Å². The van der Waals surface area contributed by atoms with Crippen molar-refractivity contribution in [2.45, 2.75) is 17.8 Å². The summed E-state index contributed by atoms with van der Waals surface area (Å²) in [6.45, 7) is 0.139. The molecule has 18 heavy (non-hydrogen) atoms. The summed E-state index contributed by atoms with van der Waals surface area (Å²) >= 11 is 7.05. The van der Waals surface area contributed by atoms with Crippen molar-refractivity contribution in [2.24, 2.45) is 0 Å². The van der Waals surface area contributed by atoms with E-state index in [1.54, 1.807) is 0 Å². The monoisotopic (exact) mass is 340 g/mol. The highest BCUT2D eigenvalue weighted by Gasteiger charge is 2.39. The van der Waals surface area contributed by atoms with Gasteiger partial charge in [-0.3, -0.25) is 9.69 Å². The Morgan fingerprint density at radius 3 is 2.67 bits per heavy atom. The van der Waals surface area contributed by atoms with Gasteiger partial charge in [0.25, 0.3) is 0 Å². The Hall–Kier alpha value is -0.760. The predicted molar refractivity (Wildman–Crippen MR) is 66.7 cm³/mol. The van der Waals surface area contributed by atoms with Crippen LogP contribution in [0.25, 0.3) is 0 Å². The van der Waals surface area contributed by atoms with E-state index in [2.05, 4.69) is 33.5 Å². The number of thiol groups is 1. The summed E-state index contributed by atoms with van der Waals surface area (Å²) in [7, 11) is 0. The number of alkyl halides is 3. The molecule has 3 nitrogen and oxygen atoms in total. The van der Waals surface area contributed by atoms with Crippen molar-refractivity contribution < 1.29 is 18.0 Å². The van der Waals surface area contributed by atoms with Crippen LogP contribution in [0, 0.1) is 0 Å². The Morgan fingerprint density at radius 1 is 1.50 bits per heavy atom. The molecule has 1 aromatic heterocycles. The lowest BCUT2D eigenvalue weighted by atomic mass is 10.2. The normalized spacial score (nSPS) is 20.6. The first kappa shape index (κ1) is 13.7. The molecule has 1 fully saturated rings. The maximum absolute atomic E-state index is 12.9. The molecule has 0 aromatic carbocycles. The van der Waals surface area contributed by atoms with Gasteiger partial charge in [0.05, 0.1) is 5.56 Å². The maximum atomic E-state index is 12.9. The van der Waals surface area contributed by atoms with Crippen molar-refractivity contribution in [1.29, 1.82) is 0 Å². The molecule has 98 valence electrons. The van der Waals surface area contributed by atoms with Gasteiger partial charge in [0.1, 0.15) is 5.82 Å². The van der Waals surface area contributed by atoms with Crippen molar-refractivity contribution in [2.75, 3.05) is 11.4 Å². The predicted octanol–water partition coefficient (Wildman–Crippen LogP) is 2.90. The van der Waals surface area contributed by atoms with Gasteiger partial charge in [-0.1, -0.05) is 0 Å². The number of anilines is 1. The molecule has 2 heterocycles. The van der Waals surface area contributed by atoms with E-state index in [0.29, 0.717) is 0 Å². The zero-order chi connectivity index (χ0) is 13.5. The Balaban J connectivity index is 2.48. The number of hydrogen-bond acceptors (Lipinski definition) is 3. The molecule has 1 unspecified atom stereocenters. The van der Waals surface area contributed by atoms with Gasteiger partial charge in [0.15, 0.2) is 0 Å². The number of rotatable bonds is 1. The van der Waals surface area contributed by atoms with Crippen LogP contribution >= 0.6 is 28.6 Å². The molecule has 0 spiro atoms. The third-order valence-corrected chi connectivity index (χ3v) is 3.28. The zero-order valence-corrected chi connectivity index (χ0v) is 11.4. The number of aromatic nitrogens is 1. The first-order valence-electron chi connectivity index (χ1n) is 5.00. The fourth-order valence-electron chi connectivity index (χ4n) is 1.75. The van der Waals surface area contributed by atoms with Gasteiger partial charge in [-0.2, -0.15) is 25.8 Å². The molecule has 0 N–H and O–H groups in total. The van der Waals surface area contributed by atoms with Crippen molar-refractivity contribution in [3.63, 3.8) is 0 Å². The molecule has 1 aliphatic heterocycles. The van der Waals surface area contributed by atoms with E-state index in [4.69, 9.17) is 0 Å². The molecule has 0 aliphatic carbocycles. The second kappa shape index (κ2) is 4.73. The summed E-state index contributed by atoms with van der Waals surface area (Å²) in [6.07, 6.45) is -3.19. The van der Waals surface area contributed by atoms with E-state index in [1.165, 1.54) is 6.20 Å². The summed E-state index contributed by atoms with van der Waals surface area (Å²) in [6, 6.07) is 0.918. The first-order chi connectivity index (χ1) is 8.29. The van der Waals surface area contributed by atoms with Gasteiger partial charge < -0.3 is 0 Å². The van der Waals surface area contributed by atoms with Gasteiger partial charge >= 0.3 is 6.18 Å². The lowest BCUT2D eigenvalue weighted by Crippen LogP contribution is -2.28. The van der Waals surface area contributed by atoms with Crippen molar-refractivity contribution >= 4 is 40.3 Å². The average molecular weight is 341 g/mol. The smallest absolute Gasteiger partial charge is 0.295 e. The zero-order valence-electron chi connectivity index (χ0n) is 8.91. The molecule has 8 heteroatoms. The molecule has 1 aliphatic rings. The van der Waals surface area contributed by atoms with Crippen molar-refractivity contribution in [3.8, 4) is 0 Å². The van der Waals surface area contributed by atoms with E-state index in [1.807, 2.05) is 0 Å². The molecule has 0 radical (unpaired) electrons. The molecule has 1 saturated heterocycles. The van der Waals surface area contributed by atoms with Gasteiger partial charge in [0.2, 0.25) is 5.91 Å². The number of nitrogens with zero attached hydrogens (tertiary/aromatic N) is 2. The van der Waals surface area contributed by atoms with Crippen LogP contribution in [0.15, 0.2) is 16.7 Å². The topological polar surface area (TPSA) is 33.2 Å². The highest BCUT2D eigenvalue weighted by molar-refractivity contribution is 9.10. The standard InChI is InChI=1S/C10H8BrF3N2OS/c11-5-1-7(10(12,13)14)9(15-3-5)16-4-6(18)2-8(16)17/h1,3,6,18H,2,4H2. The number of pyridine rings is 1. The molecule has 0 saturated carbocycles. The molecule has 1 aromatic rings. The molecule has 1 amide bonds. The number of amides is 1. The fraction of sp³-hybridized carbons (Fsp3) is 0.400. The van der Waals surface area contributed by atoms with Gasteiger partial charge in [-0.25, -0.2) is 4.98 Å². The summed E-state index contributed by atoms with van der Waals surface area (Å²) in [4.78, 5) is 16.4. The molecule has 1 atom stereocenters. The minimum Gasteiger partial charge on any atom is -0.295 e. The molecule has 0 bridgehead atoms. The van der Waals surface area contributed by atoms with Crippen molar-refractivity contribution in [3.05, 3.63) is 22.3 Å². The highest BCUT2D eigenvalue weighted by Crippen LogP contribution is 2.38. The maximum Gasteiger partial charge on any atom is 0.420 e. The SMILES string of the molecule is O=C1CC(S)CN1c1ncc(Br)cc1C(F)(F)F. The van der Waals surface area contributed by atoms with E-state index >= 15 is 0 Å². The molecular weight excluding hydrogens is 333 g/mol. The largest absolute Gasteiger partial charge is 0.420 e. The second-order valence-electron chi connectivity index (χ2n) is 3.88. The Morgan fingerprint density at radius 2 is 2.17 bits per heavy atom. The number of halogens is 4. The van der Waals surface area contributed by atoms with Crippen LogP contribution in [0.5, 0.6) is 0 Å². The number of carbonyl (C=O) groups excluding carboxylic acids is 1. The third-order valence-electron chi connectivity index (χ3n) is 2.50. The lowest BCUT2D eigenvalue weighted by molar-refractivity contribution is -0.137. The Labute approximate surface area is 115 Å². The number of carbonyl (C=O) groups is 1. The average Bonchev–Trinajstić information content (AvgIpc) is 2.56. The fourth-order valence-corrected chi connectivity index (χ4v) is 2.40. The van der Waals surface area contributed by atoms with E-state index < -0.39 is 17.6 Å². The number of hydrogen-bond donors (Lipinski definition) is 1. The highest BCUT2D eigenvalue weighted by atomic mass is 79.9. The van der Waals surface area contributed by atoms with Crippen LogP contribution in [0.2, 0.25) is 0 Å². The summed E-state index contributed by atoms with van der Waals surface area (Å²) in [5, 5.41) is -0.260. The van der Waals surface area contributed by atoms with E-state index in [-0.39, 0.29) is 28.5 Å². The quantitative estimate of drug-likeness (QED) is 0.797. The first-order valence-corrected chi connectivity index (χ1v) is 6.31. The second-order valence-corrected chi connectivity index (χ2v) is 5.53. The minimum atomic E-state index is -4.55. The third kappa shape index (κ3) is 2.64. The van der Waals surface area contributed by atoms with E-state index in [9.17, 15) is 18.0 Å². The van der Waals surface area contributed by atoms with Crippen LogP contribution in [-0.4, -0.2) is 22.7 Å².